The monoisotopic (exact) mass is 443 g/mol. The van der Waals surface area contributed by atoms with Crippen LogP contribution in [0.3, 0.4) is 0 Å². The number of fused-ring (bicyclic) bond motifs is 3. The van der Waals surface area contributed by atoms with Crippen molar-refractivity contribution in [3.05, 3.63) is 18.0 Å². The van der Waals surface area contributed by atoms with E-state index in [-0.39, 0.29) is 17.2 Å². The third-order valence-corrected chi connectivity index (χ3v) is 7.02. The van der Waals surface area contributed by atoms with Gasteiger partial charge in [0.15, 0.2) is 22.3 Å². The lowest BCUT2D eigenvalue weighted by Gasteiger charge is -2.25. The fourth-order valence-corrected chi connectivity index (χ4v) is 5.05. The van der Waals surface area contributed by atoms with Gasteiger partial charge in [-0.1, -0.05) is 37.9 Å². The number of benzene rings is 1. The number of aryl methyl sites for hydroxylation is 1. The smallest absolute Gasteiger partial charge is 0.233 e. The molecule has 166 valence electrons. The van der Waals surface area contributed by atoms with Crippen molar-refractivity contribution in [1.82, 2.24) is 24.9 Å². The van der Waals surface area contributed by atoms with E-state index in [9.17, 15) is 4.79 Å². The summed E-state index contributed by atoms with van der Waals surface area (Å²) < 4.78 is 12.6. The van der Waals surface area contributed by atoms with E-state index in [0.29, 0.717) is 34.5 Å². The summed E-state index contributed by atoms with van der Waals surface area (Å²) in [5.74, 6) is 1.92. The average molecular weight is 444 g/mol. The Morgan fingerprint density at radius 2 is 1.90 bits per heavy atom. The van der Waals surface area contributed by atoms with Gasteiger partial charge in [0, 0.05) is 17.5 Å². The van der Waals surface area contributed by atoms with Crippen LogP contribution in [-0.4, -0.2) is 51.0 Å². The number of ether oxygens (including phenoxy) is 2. The Hall–Kier alpha value is -2.55. The van der Waals surface area contributed by atoms with E-state index in [1.807, 2.05) is 26.0 Å². The molecule has 31 heavy (non-hydrogen) atoms. The lowest BCUT2D eigenvalue weighted by Crippen LogP contribution is -2.41. The zero-order chi connectivity index (χ0) is 22.0. The number of aromatic nitrogens is 4. The third-order valence-electron chi connectivity index (χ3n) is 5.72. The molecule has 1 N–H and O–H groups in total. The summed E-state index contributed by atoms with van der Waals surface area (Å²) in [4.78, 5) is 22.4. The van der Waals surface area contributed by atoms with Gasteiger partial charge in [-0.25, -0.2) is 9.97 Å². The molecule has 1 aliphatic carbocycles. The standard InChI is InChI=1S/C22H29N5O3S/c1-5-19(21(28)24-14-9-7-6-8-10-14)31-22-25-16-12-18(30-4)17(29-3)11-15(16)20-23-13(2)26-27(20)22/h11-12,14,19H,5-10H2,1-4H3,(H,24,28)/t19-/m0/s1. The topological polar surface area (TPSA) is 90.6 Å². The second kappa shape index (κ2) is 9.30. The van der Waals surface area contributed by atoms with Gasteiger partial charge in [0.2, 0.25) is 5.91 Å². The van der Waals surface area contributed by atoms with Crippen LogP contribution >= 0.6 is 11.8 Å². The summed E-state index contributed by atoms with van der Waals surface area (Å²) >= 11 is 1.43. The van der Waals surface area contributed by atoms with Crippen molar-refractivity contribution in [3.8, 4) is 11.5 Å². The first-order valence-corrected chi connectivity index (χ1v) is 11.7. The van der Waals surface area contributed by atoms with Gasteiger partial charge in [-0.3, -0.25) is 4.79 Å². The molecule has 0 saturated heterocycles. The van der Waals surface area contributed by atoms with Crippen LogP contribution in [0.25, 0.3) is 16.6 Å². The molecule has 1 aromatic carbocycles. The number of amides is 1. The summed E-state index contributed by atoms with van der Waals surface area (Å²) in [5, 5.41) is 9.00. The van der Waals surface area contributed by atoms with Gasteiger partial charge in [0.25, 0.3) is 0 Å². The number of hydrogen-bond donors (Lipinski definition) is 1. The molecule has 3 aromatic rings. The molecule has 0 bridgehead atoms. The summed E-state index contributed by atoms with van der Waals surface area (Å²) in [6.07, 6.45) is 6.46. The molecule has 8 nitrogen and oxygen atoms in total. The van der Waals surface area contributed by atoms with Crippen molar-refractivity contribution in [2.75, 3.05) is 14.2 Å². The molecular weight excluding hydrogens is 414 g/mol. The van der Waals surface area contributed by atoms with E-state index in [0.717, 1.165) is 23.7 Å². The minimum atomic E-state index is -0.250. The van der Waals surface area contributed by atoms with Crippen LogP contribution in [0.4, 0.5) is 0 Å². The van der Waals surface area contributed by atoms with E-state index in [2.05, 4.69) is 15.4 Å². The zero-order valence-electron chi connectivity index (χ0n) is 18.5. The van der Waals surface area contributed by atoms with Gasteiger partial charge >= 0.3 is 0 Å². The van der Waals surface area contributed by atoms with Crippen LogP contribution in [-0.2, 0) is 4.79 Å². The Labute approximate surface area is 186 Å². The van der Waals surface area contributed by atoms with Crippen LogP contribution in [0.2, 0.25) is 0 Å². The Morgan fingerprint density at radius 1 is 1.19 bits per heavy atom. The first-order valence-electron chi connectivity index (χ1n) is 10.8. The van der Waals surface area contributed by atoms with Crippen molar-refractivity contribution in [3.63, 3.8) is 0 Å². The van der Waals surface area contributed by atoms with Crippen molar-refractivity contribution in [2.45, 2.75) is 68.8 Å². The quantitative estimate of drug-likeness (QED) is 0.437. The van der Waals surface area contributed by atoms with E-state index in [1.165, 1.54) is 31.0 Å². The highest BCUT2D eigenvalue weighted by Gasteiger charge is 2.25. The van der Waals surface area contributed by atoms with Crippen LogP contribution in [0, 0.1) is 6.92 Å². The lowest BCUT2D eigenvalue weighted by molar-refractivity contribution is -0.121. The molecule has 1 atom stereocenters. The van der Waals surface area contributed by atoms with Crippen molar-refractivity contribution in [2.24, 2.45) is 0 Å². The number of carbonyl (C=O) groups excluding carboxylic acids is 1. The van der Waals surface area contributed by atoms with Gasteiger partial charge < -0.3 is 14.8 Å². The van der Waals surface area contributed by atoms with Crippen molar-refractivity contribution in [1.29, 1.82) is 0 Å². The fraction of sp³-hybridized carbons (Fsp3) is 0.545. The van der Waals surface area contributed by atoms with Crippen LogP contribution < -0.4 is 14.8 Å². The Balaban J connectivity index is 1.70. The predicted octanol–water partition coefficient (Wildman–Crippen LogP) is 3.92. The minimum absolute atomic E-state index is 0.0681. The highest BCUT2D eigenvalue weighted by molar-refractivity contribution is 8.00. The van der Waals surface area contributed by atoms with Gasteiger partial charge in [0.1, 0.15) is 5.82 Å². The maximum Gasteiger partial charge on any atom is 0.233 e. The molecule has 0 spiro atoms. The first-order chi connectivity index (χ1) is 15.0. The molecule has 1 aliphatic rings. The van der Waals surface area contributed by atoms with Crippen molar-refractivity contribution >= 4 is 34.2 Å². The van der Waals surface area contributed by atoms with E-state index < -0.39 is 0 Å². The van der Waals surface area contributed by atoms with Crippen LogP contribution in [0.5, 0.6) is 11.5 Å². The predicted molar refractivity (Wildman–Crippen MR) is 121 cm³/mol. The molecular formula is C22H29N5O3S. The summed E-state index contributed by atoms with van der Waals surface area (Å²) in [5.41, 5.74) is 1.41. The van der Waals surface area contributed by atoms with Gasteiger partial charge in [-0.2, -0.15) is 4.52 Å². The summed E-state index contributed by atoms with van der Waals surface area (Å²) in [6.45, 7) is 3.87. The number of thioether (sulfide) groups is 1. The first kappa shape index (κ1) is 21.7. The highest BCUT2D eigenvalue weighted by Crippen LogP contribution is 2.35. The van der Waals surface area contributed by atoms with E-state index >= 15 is 0 Å². The molecule has 1 saturated carbocycles. The van der Waals surface area contributed by atoms with Gasteiger partial charge in [-0.05, 0) is 32.3 Å². The minimum Gasteiger partial charge on any atom is -0.493 e. The normalized spacial score (nSPS) is 15.9. The molecule has 4 rings (SSSR count). The number of nitrogens with one attached hydrogen (secondary N) is 1. The van der Waals surface area contributed by atoms with E-state index in [4.69, 9.17) is 14.5 Å². The number of carbonyl (C=O) groups is 1. The molecule has 0 aliphatic heterocycles. The maximum atomic E-state index is 13.0. The Kier molecular flexibility index (Phi) is 6.50. The van der Waals surface area contributed by atoms with Crippen molar-refractivity contribution < 1.29 is 14.3 Å². The van der Waals surface area contributed by atoms with Crippen LogP contribution in [0.15, 0.2) is 17.3 Å². The summed E-state index contributed by atoms with van der Waals surface area (Å²) in [7, 11) is 3.20. The number of methoxy groups -OCH3 is 2. The van der Waals surface area contributed by atoms with Crippen LogP contribution in [0.1, 0.15) is 51.3 Å². The molecule has 2 heterocycles. The highest BCUT2D eigenvalue weighted by atomic mass is 32.2. The molecule has 0 unspecified atom stereocenters. The van der Waals surface area contributed by atoms with Gasteiger partial charge in [0.05, 0.1) is 25.0 Å². The second-order valence-electron chi connectivity index (χ2n) is 7.87. The molecule has 2 aromatic heterocycles. The lowest BCUT2D eigenvalue weighted by atomic mass is 9.95. The molecule has 9 heteroatoms. The largest absolute Gasteiger partial charge is 0.493 e. The van der Waals surface area contributed by atoms with E-state index in [1.54, 1.807) is 18.7 Å². The second-order valence-corrected chi connectivity index (χ2v) is 9.04. The number of rotatable bonds is 7. The number of nitrogens with zero attached hydrogens (tertiary/aromatic N) is 4. The SMILES string of the molecule is CC[C@H](Sc1nc2cc(OC)c(OC)cc2c2nc(C)nn12)C(=O)NC1CCCCC1. The molecule has 0 radical (unpaired) electrons. The third kappa shape index (κ3) is 4.42. The Bertz CT molecular complexity index is 1090. The Morgan fingerprint density at radius 3 is 2.58 bits per heavy atom. The number of hydrogen-bond acceptors (Lipinski definition) is 7. The molecule has 1 amide bonds. The van der Waals surface area contributed by atoms with Gasteiger partial charge in [-0.15, -0.1) is 5.10 Å². The molecule has 1 fully saturated rings. The average Bonchev–Trinajstić information content (AvgIpc) is 3.18. The fourth-order valence-electron chi connectivity index (χ4n) is 4.08. The summed E-state index contributed by atoms with van der Waals surface area (Å²) in [6, 6.07) is 3.99. The zero-order valence-corrected chi connectivity index (χ0v) is 19.3. The maximum absolute atomic E-state index is 13.0.